The number of thiophene rings is 1. The van der Waals surface area contributed by atoms with E-state index in [1.807, 2.05) is 6.92 Å². The molecule has 22 heavy (non-hydrogen) atoms. The predicted molar refractivity (Wildman–Crippen MR) is 83.6 cm³/mol. The Bertz CT molecular complexity index is 723. The molecule has 122 valence electrons. The molecule has 1 aliphatic heterocycles. The second kappa shape index (κ2) is 5.98. The van der Waals surface area contributed by atoms with Crippen molar-refractivity contribution in [1.29, 1.82) is 0 Å². The molecule has 0 bridgehead atoms. The van der Waals surface area contributed by atoms with Gasteiger partial charge in [0.05, 0.1) is 12.2 Å². The van der Waals surface area contributed by atoms with Gasteiger partial charge in [0.2, 0.25) is 15.9 Å². The zero-order valence-corrected chi connectivity index (χ0v) is 14.2. The highest BCUT2D eigenvalue weighted by Gasteiger charge is 2.40. The number of nitrogens with zero attached hydrogens (tertiary/aromatic N) is 1. The maximum atomic E-state index is 12.1. The van der Waals surface area contributed by atoms with Crippen LogP contribution in [0.5, 0.6) is 0 Å². The molecule has 1 unspecified atom stereocenters. The van der Waals surface area contributed by atoms with Gasteiger partial charge in [-0.3, -0.25) is 4.79 Å². The van der Waals surface area contributed by atoms with E-state index in [0.29, 0.717) is 10.6 Å². The van der Waals surface area contributed by atoms with Crippen LogP contribution in [0.1, 0.15) is 34.1 Å². The van der Waals surface area contributed by atoms with Crippen molar-refractivity contribution in [3.05, 3.63) is 16.0 Å². The molecule has 1 aromatic rings. The van der Waals surface area contributed by atoms with Gasteiger partial charge in [0, 0.05) is 17.8 Å². The molecule has 0 spiro atoms. The fourth-order valence-electron chi connectivity index (χ4n) is 2.33. The Labute approximate surface area is 133 Å². The highest BCUT2D eigenvalue weighted by atomic mass is 32.2. The van der Waals surface area contributed by atoms with Crippen LogP contribution in [0.15, 0.2) is 0 Å². The van der Waals surface area contributed by atoms with E-state index in [9.17, 15) is 18.0 Å². The lowest BCUT2D eigenvalue weighted by atomic mass is 10.1. The summed E-state index contributed by atoms with van der Waals surface area (Å²) in [5.74, 6) is -0.864. The van der Waals surface area contributed by atoms with E-state index in [-0.39, 0.29) is 25.5 Å². The van der Waals surface area contributed by atoms with Gasteiger partial charge >= 0.3 is 5.97 Å². The molecule has 2 rings (SSSR count). The van der Waals surface area contributed by atoms with Gasteiger partial charge in [-0.2, -0.15) is 0 Å². The van der Waals surface area contributed by atoms with E-state index in [2.05, 4.69) is 0 Å². The maximum Gasteiger partial charge on any atom is 0.341 e. The third-order valence-corrected chi connectivity index (χ3v) is 6.12. The number of nitrogens with two attached hydrogens (primary N) is 1. The normalized spacial score (nSPS) is 18.8. The number of primary sulfonamides is 1. The Morgan fingerprint density at radius 2 is 2.09 bits per heavy atom. The van der Waals surface area contributed by atoms with Crippen molar-refractivity contribution < 1.29 is 22.7 Å². The minimum atomic E-state index is -3.80. The van der Waals surface area contributed by atoms with Gasteiger partial charge in [-0.1, -0.05) is 0 Å². The monoisotopic (exact) mass is 346 g/mol. The third-order valence-electron chi connectivity index (χ3n) is 3.65. The number of hydrogen-bond donors (Lipinski definition) is 1. The van der Waals surface area contributed by atoms with Gasteiger partial charge in [-0.15, -0.1) is 11.3 Å². The Balaban J connectivity index is 2.43. The van der Waals surface area contributed by atoms with E-state index < -0.39 is 21.2 Å². The summed E-state index contributed by atoms with van der Waals surface area (Å²) in [5, 5.41) is 4.62. The van der Waals surface area contributed by atoms with Gasteiger partial charge in [0.1, 0.15) is 10.3 Å². The van der Waals surface area contributed by atoms with E-state index >= 15 is 0 Å². The minimum Gasteiger partial charge on any atom is -0.462 e. The first-order valence-electron chi connectivity index (χ1n) is 6.75. The van der Waals surface area contributed by atoms with Crippen molar-refractivity contribution in [3.8, 4) is 0 Å². The molecule has 0 aliphatic carbocycles. The van der Waals surface area contributed by atoms with Crippen molar-refractivity contribution in [2.45, 2.75) is 32.4 Å². The van der Waals surface area contributed by atoms with Crippen LogP contribution in [0, 0.1) is 13.8 Å². The van der Waals surface area contributed by atoms with Gasteiger partial charge < -0.3 is 9.64 Å². The van der Waals surface area contributed by atoms with Crippen molar-refractivity contribution in [2.75, 3.05) is 18.1 Å². The predicted octanol–water partition coefficient (Wildman–Crippen LogP) is 0.935. The summed E-state index contributed by atoms with van der Waals surface area (Å²) in [4.78, 5) is 26.5. The molecule has 7 nitrogen and oxygen atoms in total. The topological polar surface area (TPSA) is 107 Å². The number of sulfonamides is 1. The number of esters is 1. The minimum absolute atomic E-state index is 0.0382. The van der Waals surface area contributed by atoms with Crippen molar-refractivity contribution in [1.82, 2.24) is 0 Å². The summed E-state index contributed by atoms with van der Waals surface area (Å²) < 4.78 is 28.0. The highest BCUT2D eigenvalue weighted by molar-refractivity contribution is 7.89. The first-order valence-corrected chi connectivity index (χ1v) is 9.18. The van der Waals surface area contributed by atoms with Crippen molar-refractivity contribution in [3.63, 3.8) is 0 Å². The molecule has 1 aliphatic rings. The van der Waals surface area contributed by atoms with E-state index in [0.717, 1.165) is 10.4 Å². The number of ether oxygens (including phenoxy) is 1. The second-order valence-electron chi connectivity index (χ2n) is 5.10. The fraction of sp³-hybridized carbons (Fsp3) is 0.538. The van der Waals surface area contributed by atoms with Crippen LogP contribution in [0.4, 0.5) is 5.00 Å². The Morgan fingerprint density at radius 1 is 1.45 bits per heavy atom. The molecular weight excluding hydrogens is 328 g/mol. The lowest BCUT2D eigenvalue weighted by molar-refractivity contribution is -0.117. The maximum absolute atomic E-state index is 12.1. The largest absolute Gasteiger partial charge is 0.462 e. The smallest absolute Gasteiger partial charge is 0.341 e. The summed E-state index contributed by atoms with van der Waals surface area (Å²) in [5.41, 5.74) is 1.07. The number of hydrogen-bond acceptors (Lipinski definition) is 6. The SMILES string of the molecule is CCOC(=O)c1c(N2CC(S(N)(=O)=O)CC2=O)sc(C)c1C. The molecule has 0 radical (unpaired) electrons. The molecule has 2 N–H and O–H groups in total. The second-order valence-corrected chi connectivity index (χ2v) is 8.15. The lowest BCUT2D eigenvalue weighted by Gasteiger charge is -2.16. The van der Waals surface area contributed by atoms with Crippen molar-refractivity contribution in [2.24, 2.45) is 5.14 Å². The summed E-state index contributed by atoms with van der Waals surface area (Å²) >= 11 is 1.28. The zero-order valence-electron chi connectivity index (χ0n) is 12.6. The van der Waals surface area contributed by atoms with Crippen LogP contribution in [0.3, 0.4) is 0 Å². The molecule has 1 atom stereocenters. The Hall–Kier alpha value is -1.45. The molecule has 1 aromatic heterocycles. The number of rotatable bonds is 4. The highest BCUT2D eigenvalue weighted by Crippen LogP contribution is 2.38. The standard InChI is InChI=1S/C13H18N2O5S2/c1-4-20-13(17)11-7(2)8(3)21-12(11)15-6-9(5-10(15)16)22(14,18)19/h9H,4-6H2,1-3H3,(H2,14,18,19). The molecule has 1 amide bonds. The molecular formula is C13H18N2O5S2. The number of anilines is 1. The average Bonchev–Trinajstić information content (AvgIpc) is 2.91. The summed E-state index contributed by atoms with van der Waals surface area (Å²) in [6.07, 6.45) is -0.170. The first-order chi connectivity index (χ1) is 10.2. The van der Waals surface area contributed by atoms with Crippen LogP contribution < -0.4 is 10.0 Å². The molecule has 9 heteroatoms. The number of aryl methyl sites for hydroxylation is 1. The van der Waals surface area contributed by atoms with E-state index in [4.69, 9.17) is 9.88 Å². The van der Waals surface area contributed by atoms with Gasteiger partial charge in [0.25, 0.3) is 0 Å². The lowest BCUT2D eigenvalue weighted by Crippen LogP contribution is -2.32. The van der Waals surface area contributed by atoms with Gasteiger partial charge in [-0.25, -0.2) is 18.4 Å². The van der Waals surface area contributed by atoms with Crippen LogP contribution in [-0.4, -0.2) is 38.7 Å². The molecule has 0 aromatic carbocycles. The quantitative estimate of drug-likeness (QED) is 0.816. The molecule has 1 saturated heterocycles. The summed E-state index contributed by atoms with van der Waals surface area (Å²) in [6, 6.07) is 0. The van der Waals surface area contributed by atoms with Crippen LogP contribution in [0.25, 0.3) is 0 Å². The third kappa shape index (κ3) is 3.01. The number of amides is 1. The number of carbonyl (C=O) groups is 2. The Kier molecular flexibility index (Phi) is 4.59. The van der Waals surface area contributed by atoms with E-state index in [1.54, 1.807) is 13.8 Å². The zero-order chi connectivity index (χ0) is 16.7. The number of carbonyl (C=O) groups excluding carboxylic acids is 2. The van der Waals surface area contributed by atoms with Crippen molar-refractivity contribution >= 4 is 38.2 Å². The van der Waals surface area contributed by atoms with Crippen LogP contribution in [0.2, 0.25) is 0 Å². The van der Waals surface area contributed by atoms with Gasteiger partial charge in [0.15, 0.2) is 0 Å². The van der Waals surface area contributed by atoms with Crippen LogP contribution in [-0.2, 0) is 19.6 Å². The van der Waals surface area contributed by atoms with Gasteiger partial charge in [-0.05, 0) is 26.3 Å². The summed E-state index contributed by atoms with van der Waals surface area (Å²) in [7, 11) is -3.80. The first kappa shape index (κ1) is 16.9. The van der Waals surface area contributed by atoms with E-state index in [1.165, 1.54) is 16.2 Å². The molecule has 0 saturated carbocycles. The summed E-state index contributed by atoms with van der Waals surface area (Å²) in [6.45, 7) is 5.50. The average molecular weight is 346 g/mol. The Morgan fingerprint density at radius 3 is 2.59 bits per heavy atom. The van der Waals surface area contributed by atoms with Crippen LogP contribution >= 0.6 is 11.3 Å². The molecule has 2 heterocycles. The molecule has 1 fully saturated rings. The fourth-order valence-corrected chi connectivity index (χ4v) is 4.24.